The Morgan fingerprint density at radius 1 is 0.933 bits per heavy atom. The molecule has 1 aromatic heterocycles. The molecule has 0 saturated heterocycles. The summed E-state index contributed by atoms with van der Waals surface area (Å²) in [5, 5.41) is 26.1. The summed E-state index contributed by atoms with van der Waals surface area (Å²) >= 11 is 0. The van der Waals surface area contributed by atoms with E-state index in [0.29, 0.717) is 74.2 Å². The fourth-order valence-corrected chi connectivity index (χ4v) is 7.74. The maximum atomic E-state index is 14.0. The number of rotatable bonds is 23. The predicted octanol–water partition coefficient (Wildman–Crippen LogP) is 6.55. The zero-order valence-corrected chi connectivity index (χ0v) is 37.7. The Kier molecular flexibility index (Phi) is 17.0. The molecule has 0 bridgehead atoms. The summed E-state index contributed by atoms with van der Waals surface area (Å²) in [6, 6.07) is 15.1. The lowest BCUT2D eigenvalue weighted by Gasteiger charge is -2.41. The van der Waals surface area contributed by atoms with Crippen LogP contribution in [0, 0.1) is 11.3 Å². The summed E-state index contributed by atoms with van der Waals surface area (Å²) in [4.78, 5) is 42.2. The van der Waals surface area contributed by atoms with E-state index in [9.17, 15) is 19.5 Å². The fourth-order valence-electron chi connectivity index (χ4n) is 7.74. The minimum Gasteiger partial charge on any atom is -0.382 e. The molecule has 4 rings (SSSR count). The molecule has 14 nitrogen and oxygen atoms in total. The molecule has 0 aliphatic carbocycles. The number of anilines is 1. The van der Waals surface area contributed by atoms with Crippen LogP contribution in [0.4, 0.5) is 5.69 Å². The van der Waals surface area contributed by atoms with Gasteiger partial charge in [-0.2, -0.15) is 0 Å². The largest absolute Gasteiger partial charge is 0.382 e. The number of methoxy groups -OCH3 is 1. The normalized spacial score (nSPS) is 15.1. The molecular formula is C46H71N7O7. The maximum absolute atomic E-state index is 14.0. The van der Waals surface area contributed by atoms with Gasteiger partial charge in [-0.25, -0.2) is 4.68 Å². The number of carbonyl (C=O) groups is 3. The molecule has 14 heteroatoms. The zero-order chi connectivity index (χ0) is 44.3. The number of para-hydroxylation sites is 1. The molecule has 3 aromatic rings. The van der Waals surface area contributed by atoms with Gasteiger partial charge >= 0.3 is 0 Å². The van der Waals surface area contributed by atoms with Gasteiger partial charge < -0.3 is 40.6 Å². The van der Waals surface area contributed by atoms with Gasteiger partial charge in [-0.1, -0.05) is 81.8 Å². The van der Waals surface area contributed by atoms with Crippen molar-refractivity contribution in [2.75, 3.05) is 45.0 Å². The number of nitrogens with two attached hydrogens (primary N) is 1. The van der Waals surface area contributed by atoms with Crippen LogP contribution in [0.25, 0.3) is 22.5 Å². The van der Waals surface area contributed by atoms with E-state index in [2.05, 4.69) is 41.7 Å². The Hall–Kier alpha value is -4.21. The van der Waals surface area contributed by atoms with Gasteiger partial charge in [0.1, 0.15) is 11.4 Å². The zero-order valence-electron chi connectivity index (χ0n) is 37.7. The van der Waals surface area contributed by atoms with Crippen molar-refractivity contribution in [3.63, 3.8) is 0 Å². The van der Waals surface area contributed by atoms with Crippen LogP contribution >= 0.6 is 0 Å². The number of hydrogen-bond acceptors (Lipinski definition) is 10. The average molecular weight is 834 g/mol. The van der Waals surface area contributed by atoms with E-state index in [1.54, 1.807) is 12.0 Å². The third-order valence-corrected chi connectivity index (χ3v) is 11.6. The van der Waals surface area contributed by atoms with Crippen LogP contribution in [0.1, 0.15) is 119 Å². The highest BCUT2D eigenvalue weighted by molar-refractivity contribution is 6.01. The number of ether oxygens (including phenoxy) is 3. The molecule has 2 aromatic carbocycles. The van der Waals surface area contributed by atoms with E-state index < -0.39 is 28.3 Å². The second-order valence-electron chi connectivity index (χ2n) is 18.5. The number of carbonyl (C=O) groups excluding carboxylic acids is 3. The van der Waals surface area contributed by atoms with Crippen molar-refractivity contribution in [2.45, 2.75) is 137 Å². The number of amides is 3. The van der Waals surface area contributed by atoms with Crippen LogP contribution in [-0.2, 0) is 35.1 Å². The molecule has 1 aliphatic heterocycles. The van der Waals surface area contributed by atoms with Crippen molar-refractivity contribution in [3.05, 3.63) is 54.1 Å². The minimum atomic E-state index is -1.10. The fraction of sp³-hybridized carbons (Fsp3) is 0.630. The highest BCUT2D eigenvalue weighted by Gasteiger charge is 2.38. The van der Waals surface area contributed by atoms with Crippen molar-refractivity contribution >= 4 is 23.4 Å². The Balaban J connectivity index is 1.31. The minimum absolute atomic E-state index is 0.00442. The van der Waals surface area contributed by atoms with Crippen LogP contribution in [-0.4, -0.2) is 94.6 Å². The highest BCUT2D eigenvalue weighted by atomic mass is 16.5. The van der Waals surface area contributed by atoms with Crippen LogP contribution in [0.3, 0.4) is 0 Å². The number of aliphatic hydroxyl groups is 1. The van der Waals surface area contributed by atoms with Gasteiger partial charge in [0.15, 0.2) is 6.23 Å². The Morgan fingerprint density at radius 3 is 2.32 bits per heavy atom. The number of aromatic nitrogens is 3. The number of hydrogen-bond donors (Lipinski definition) is 4. The first-order valence-corrected chi connectivity index (χ1v) is 21.4. The third-order valence-electron chi connectivity index (χ3n) is 11.6. The lowest BCUT2D eigenvalue weighted by atomic mass is 9.76. The molecule has 5 N–H and O–H groups in total. The molecule has 0 spiro atoms. The molecule has 0 fully saturated rings. The van der Waals surface area contributed by atoms with Crippen molar-refractivity contribution in [3.8, 4) is 22.5 Å². The lowest BCUT2D eigenvalue weighted by molar-refractivity contribution is -0.133. The number of nitrogens with zero attached hydrogens (tertiary/aromatic N) is 4. The first kappa shape index (κ1) is 48.5. The van der Waals surface area contributed by atoms with Gasteiger partial charge in [0.2, 0.25) is 17.7 Å². The molecule has 1 aliphatic rings. The molecule has 3 amide bonds. The monoisotopic (exact) mass is 834 g/mol. The van der Waals surface area contributed by atoms with Crippen LogP contribution in [0.2, 0.25) is 0 Å². The van der Waals surface area contributed by atoms with Gasteiger partial charge in [-0.3, -0.25) is 14.4 Å². The van der Waals surface area contributed by atoms with Gasteiger partial charge in [-0.05, 0) is 77.8 Å². The summed E-state index contributed by atoms with van der Waals surface area (Å²) in [5.41, 5.74) is 8.70. The molecule has 0 saturated carbocycles. The summed E-state index contributed by atoms with van der Waals surface area (Å²) in [5.74, 6) is -0.144. The number of nitrogens with one attached hydrogen (secondary N) is 2. The third kappa shape index (κ3) is 13.1. The van der Waals surface area contributed by atoms with E-state index in [1.165, 1.54) is 4.68 Å². The first-order valence-electron chi connectivity index (χ1n) is 21.4. The highest BCUT2D eigenvalue weighted by Crippen LogP contribution is 2.42. The van der Waals surface area contributed by atoms with Crippen LogP contribution in [0.15, 0.2) is 48.5 Å². The first-order chi connectivity index (χ1) is 28.2. The second-order valence-corrected chi connectivity index (χ2v) is 18.5. The molecule has 0 radical (unpaired) electrons. The number of aliphatic hydroxyl groups excluding tert-OH is 1. The van der Waals surface area contributed by atoms with Crippen LogP contribution < -0.4 is 21.3 Å². The SMILES string of the molecule is CCCC(C)C(C)(N)CC(C)(C)NC(=O)C(C)(C)CCOC(C)(C)CCNC(=O)CCC(=O)N1Cc2ccccc2-c2c(nnn2C(O)COCCOC)-c2ccccc21. The van der Waals surface area contributed by atoms with Gasteiger partial charge in [0.05, 0.1) is 37.7 Å². The summed E-state index contributed by atoms with van der Waals surface area (Å²) in [6.07, 6.45) is 2.75. The van der Waals surface area contributed by atoms with Crippen LogP contribution in [0.5, 0.6) is 0 Å². The summed E-state index contributed by atoms with van der Waals surface area (Å²) < 4.78 is 18.3. The van der Waals surface area contributed by atoms with Crippen molar-refractivity contribution in [1.29, 1.82) is 0 Å². The van der Waals surface area contributed by atoms with Gasteiger partial charge in [0, 0.05) is 60.7 Å². The number of fused-ring (bicyclic) bond motifs is 5. The van der Waals surface area contributed by atoms with E-state index in [-0.39, 0.29) is 43.7 Å². The van der Waals surface area contributed by atoms with Gasteiger partial charge in [-0.15, -0.1) is 5.10 Å². The second kappa shape index (κ2) is 21.0. The van der Waals surface area contributed by atoms with E-state index in [4.69, 9.17) is 19.9 Å². The average Bonchev–Trinajstić information content (AvgIpc) is 3.61. The molecule has 332 valence electrons. The van der Waals surface area contributed by atoms with Crippen molar-refractivity contribution < 1.29 is 33.7 Å². The molecule has 60 heavy (non-hydrogen) atoms. The van der Waals surface area contributed by atoms with E-state index in [1.807, 2.05) is 90.1 Å². The predicted molar refractivity (Wildman–Crippen MR) is 235 cm³/mol. The number of benzene rings is 2. The van der Waals surface area contributed by atoms with E-state index in [0.717, 1.165) is 24.0 Å². The molecule has 2 heterocycles. The van der Waals surface area contributed by atoms with Crippen molar-refractivity contribution in [1.82, 2.24) is 25.6 Å². The molecule has 3 atom stereocenters. The van der Waals surface area contributed by atoms with Crippen molar-refractivity contribution in [2.24, 2.45) is 17.1 Å². The summed E-state index contributed by atoms with van der Waals surface area (Å²) in [7, 11) is 1.58. The summed E-state index contributed by atoms with van der Waals surface area (Å²) in [6.45, 7) is 20.0. The Bertz CT molecular complexity index is 1890. The Morgan fingerprint density at radius 2 is 1.62 bits per heavy atom. The molecule has 3 unspecified atom stereocenters. The Labute approximate surface area is 357 Å². The van der Waals surface area contributed by atoms with Gasteiger partial charge in [0.25, 0.3) is 0 Å². The molecular weight excluding hydrogens is 763 g/mol. The lowest BCUT2D eigenvalue weighted by Crippen LogP contribution is -2.56. The standard InChI is InChI=1S/C46H71N7O7/c1-11-16-32(2)46(9,47)31-44(5,6)49-42(57)43(3,4)24-26-60-45(7,8)23-25-48-37(54)21-22-38(55)52-29-33-17-12-13-18-34(33)41-40(35-19-14-15-20-36(35)52)50-51-53(41)39(56)30-59-28-27-58-10/h12-15,17-20,32,39,56H,11,16,21-31,47H2,1-10H3,(H,48,54)(H,49,57). The maximum Gasteiger partial charge on any atom is 0.227 e. The topological polar surface area (TPSA) is 183 Å². The quantitative estimate of drug-likeness (QED) is 0.0765. The van der Waals surface area contributed by atoms with E-state index >= 15 is 0 Å². The smallest absolute Gasteiger partial charge is 0.227 e.